The number of likely N-dealkylation sites (tertiary alicyclic amines) is 2. The number of nitrogens with zero attached hydrogens (tertiary/aromatic N) is 5. The Morgan fingerprint density at radius 1 is 0.981 bits per heavy atom. The summed E-state index contributed by atoms with van der Waals surface area (Å²) >= 11 is 0. The molecule has 6 aromatic rings. The third kappa shape index (κ3) is 6.55. The van der Waals surface area contributed by atoms with Crippen LogP contribution in [0.4, 0.5) is 20.3 Å². The Morgan fingerprint density at radius 3 is 2.54 bits per heavy atom. The molecule has 0 unspecified atom stereocenters. The largest absolute Gasteiger partial charge is 0.480 e. The molecule has 12 heteroatoms. The van der Waals surface area contributed by atoms with Crippen LogP contribution < -0.4 is 10.1 Å². The number of carboxylic acid groups (broad SMARTS) is 1. The van der Waals surface area contributed by atoms with E-state index < -0.39 is 18.6 Å². The number of fused-ring (bicyclic) bond motifs is 2. The van der Waals surface area contributed by atoms with E-state index in [1.54, 1.807) is 17.2 Å². The molecule has 2 saturated heterocycles. The molecule has 266 valence electrons. The van der Waals surface area contributed by atoms with Gasteiger partial charge >= 0.3 is 12.6 Å². The van der Waals surface area contributed by atoms with Gasteiger partial charge in [-0.1, -0.05) is 24.3 Å². The van der Waals surface area contributed by atoms with E-state index >= 15 is 0 Å². The summed E-state index contributed by atoms with van der Waals surface area (Å²) in [5, 5.41) is 14.2. The van der Waals surface area contributed by atoms with Gasteiger partial charge in [-0.15, -0.1) is 0 Å². The van der Waals surface area contributed by atoms with Gasteiger partial charge in [0.05, 0.1) is 0 Å². The van der Waals surface area contributed by atoms with Crippen molar-refractivity contribution in [1.82, 2.24) is 24.8 Å². The molecule has 2 aliphatic rings. The number of carbonyl (C=O) groups is 1. The zero-order valence-electron chi connectivity index (χ0n) is 28.9. The van der Waals surface area contributed by atoms with E-state index in [1.807, 2.05) is 49.5 Å². The number of carboxylic acids is 1. The number of rotatable bonds is 11. The van der Waals surface area contributed by atoms with Crippen molar-refractivity contribution >= 4 is 39.5 Å². The van der Waals surface area contributed by atoms with Crippen molar-refractivity contribution in [2.45, 2.75) is 58.9 Å². The zero-order chi connectivity index (χ0) is 35.9. The minimum Gasteiger partial charge on any atom is -0.480 e. The number of anilines is 2. The fourth-order valence-electron chi connectivity index (χ4n) is 7.39. The van der Waals surface area contributed by atoms with Crippen molar-refractivity contribution in [2.24, 2.45) is 0 Å². The third-order valence-electron chi connectivity index (χ3n) is 10.3. The summed E-state index contributed by atoms with van der Waals surface area (Å²) in [6.07, 6.45) is 6.20. The van der Waals surface area contributed by atoms with Crippen molar-refractivity contribution in [1.29, 1.82) is 0 Å². The summed E-state index contributed by atoms with van der Waals surface area (Å²) in [4.78, 5) is 30.2. The highest BCUT2D eigenvalue weighted by Gasteiger charge is 2.31. The highest BCUT2D eigenvalue weighted by molar-refractivity contribution is 5.91. The van der Waals surface area contributed by atoms with Crippen LogP contribution in [0.1, 0.15) is 41.5 Å². The standard InChI is InChI=1S/C40H38F2N6O4/c1-23-28(29-8-4-10-31(24(29)2)45-37-36-26(12-13-43-37)17-25(20-44-36)21-47-14-6-15-47)7-3-9-30(23)38-46-32-18-27(22-48-16-5-11-33(48)39(49)50)34(52-40(41)42)19-35(32)51-38/h3-4,7-10,12-13,17-20,33,40H,5-6,11,14-16,21-22H2,1-2H3,(H,43,45)(H,49,50)/t33-/m0/s1. The van der Waals surface area contributed by atoms with Crippen molar-refractivity contribution in [3.63, 3.8) is 0 Å². The van der Waals surface area contributed by atoms with Gasteiger partial charge < -0.3 is 19.6 Å². The van der Waals surface area contributed by atoms with Gasteiger partial charge in [0.1, 0.15) is 22.8 Å². The SMILES string of the molecule is Cc1c(Nc2nccc3cc(CN4CCC4)cnc23)cccc1-c1cccc(-c2nc3cc(CN4CCC[C@H]4C(=O)O)c(OC(F)F)cc3o2)c1C. The van der Waals surface area contributed by atoms with E-state index in [9.17, 15) is 18.7 Å². The summed E-state index contributed by atoms with van der Waals surface area (Å²) < 4.78 is 38.0. The third-order valence-corrected chi connectivity index (χ3v) is 10.3. The monoisotopic (exact) mass is 704 g/mol. The fourth-order valence-corrected chi connectivity index (χ4v) is 7.39. The minimum atomic E-state index is -3.06. The van der Waals surface area contributed by atoms with E-state index in [-0.39, 0.29) is 12.3 Å². The van der Waals surface area contributed by atoms with Crippen LogP contribution in [0.2, 0.25) is 0 Å². The number of hydrogen-bond acceptors (Lipinski definition) is 9. The summed E-state index contributed by atoms with van der Waals surface area (Å²) in [6, 6.07) is 18.6. The lowest BCUT2D eigenvalue weighted by Gasteiger charge is -2.30. The van der Waals surface area contributed by atoms with Gasteiger partial charge in [0.25, 0.3) is 0 Å². The number of aromatic nitrogens is 3. The smallest absolute Gasteiger partial charge is 0.387 e. The van der Waals surface area contributed by atoms with Crippen LogP contribution in [-0.2, 0) is 17.9 Å². The number of alkyl halides is 2. The number of pyridine rings is 2. The molecule has 5 heterocycles. The van der Waals surface area contributed by atoms with Crippen molar-refractivity contribution < 1.29 is 27.8 Å². The lowest BCUT2D eigenvalue weighted by Crippen LogP contribution is -2.36. The molecule has 0 radical (unpaired) electrons. The molecule has 3 aromatic heterocycles. The Kier molecular flexibility index (Phi) is 9.02. The molecule has 0 bridgehead atoms. The van der Waals surface area contributed by atoms with Crippen molar-refractivity contribution in [2.75, 3.05) is 25.0 Å². The second-order valence-corrected chi connectivity index (χ2v) is 13.6. The lowest BCUT2D eigenvalue weighted by molar-refractivity contribution is -0.142. The van der Waals surface area contributed by atoms with Gasteiger partial charge in [0, 0.05) is 53.8 Å². The van der Waals surface area contributed by atoms with Crippen LogP contribution in [0.3, 0.4) is 0 Å². The number of halogens is 2. The van der Waals surface area contributed by atoms with E-state index in [1.165, 1.54) is 18.1 Å². The number of benzene rings is 3. The van der Waals surface area contributed by atoms with Crippen molar-refractivity contribution in [3.8, 4) is 28.3 Å². The first-order valence-electron chi connectivity index (χ1n) is 17.5. The first-order chi connectivity index (χ1) is 25.2. The van der Waals surface area contributed by atoms with Crippen molar-refractivity contribution in [3.05, 3.63) is 95.3 Å². The van der Waals surface area contributed by atoms with Gasteiger partial charge in [-0.25, -0.2) is 9.97 Å². The average molecular weight is 705 g/mol. The summed E-state index contributed by atoms with van der Waals surface area (Å²) in [5.41, 5.74) is 8.78. The topological polar surface area (TPSA) is 117 Å². The second kappa shape index (κ2) is 13.9. The summed E-state index contributed by atoms with van der Waals surface area (Å²) in [7, 11) is 0. The molecule has 0 amide bonds. The molecule has 2 aliphatic heterocycles. The van der Waals surface area contributed by atoms with Crippen LogP contribution in [0.5, 0.6) is 5.75 Å². The molecule has 10 nitrogen and oxygen atoms in total. The van der Waals surface area contributed by atoms with E-state index in [4.69, 9.17) is 19.1 Å². The van der Waals surface area contributed by atoms with Crippen LogP contribution >= 0.6 is 0 Å². The predicted octanol–water partition coefficient (Wildman–Crippen LogP) is 8.32. The molecule has 3 aromatic carbocycles. The molecule has 52 heavy (non-hydrogen) atoms. The van der Waals surface area contributed by atoms with Crippen LogP contribution in [0.15, 0.2) is 77.5 Å². The molecule has 8 rings (SSSR count). The van der Waals surface area contributed by atoms with Gasteiger partial charge in [-0.2, -0.15) is 8.78 Å². The highest BCUT2D eigenvalue weighted by atomic mass is 19.3. The second-order valence-electron chi connectivity index (χ2n) is 13.6. The number of oxazole rings is 1. The number of aliphatic carboxylic acids is 1. The minimum absolute atomic E-state index is 0.0605. The van der Waals surface area contributed by atoms with Crippen LogP contribution in [-0.4, -0.2) is 68.1 Å². The molecule has 1 atom stereocenters. The molecule has 2 N–H and O–H groups in total. The first kappa shape index (κ1) is 33.7. The Balaban J connectivity index is 1.10. The number of hydrogen-bond donors (Lipinski definition) is 2. The molecule has 0 aliphatic carbocycles. The molecular formula is C40H38F2N6O4. The number of nitrogens with one attached hydrogen (secondary N) is 1. The molecular weight excluding hydrogens is 666 g/mol. The molecule has 2 fully saturated rings. The maximum absolute atomic E-state index is 13.5. The zero-order valence-corrected chi connectivity index (χ0v) is 28.9. The average Bonchev–Trinajstić information content (AvgIpc) is 3.74. The summed E-state index contributed by atoms with van der Waals surface area (Å²) in [5.74, 6) is 0.0299. The quantitative estimate of drug-likeness (QED) is 0.136. The van der Waals surface area contributed by atoms with E-state index in [0.717, 1.165) is 64.0 Å². The summed E-state index contributed by atoms with van der Waals surface area (Å²) in [6.45, 7) is 4.86. The normalized spacial score (nSPS) is 16.5. The lowest BCUT2D eigenvalue weighted by atomic mass is 9.93. The predicted molar refractivity (Wildman–Crippen MR) is 195 cm³/mol. The molecule has 0 spiro atoms. The number of ether oxygens (including phenoxy) is 1. The Bertz CT molecular complexity index is 2310. The maximum atomic E-state index is 13.5. The first-order valence-corrected chi connectivity index (χ1v) is 17.5. The van der Waals surface area contributed by atoms with Crippen LogP contribution in [0.25, 0.3) is 44.6 Å². The Labute approximate surface area is 299 Å². The van der Waals surface area contributed by atoms with Gasteiger partial charge in [0.2, 0.25) is 5.89 Å². The fraction of sp³-hybridized carbons (Fsp3) is 0.300. The Morgan fingerprint density at radius 2 is 1.77 bits per heavy atom. The maximum Gasteiger partial charge on any atom is 0.387 e. The van der Waals surface area contributed by atoms with E-state index in [2.05, 4.69) is 34.3 Å². The van der Waals surface area contributed by atoms with Gasteiger partial charge in [-0.3, -0.25) is 19.6 Å². The Hall–Kier alpha value is -5.46. The molecule has 0 saturated carbocycles. The highest BCUT2D eigenvalue weighted by Crippen LogP contribution is 2.38. The van der Waals surface area contributed by atoms with Crippen LogP contribution in [0, 0.1) is 13.8 Å². The van der Waals surface area contributed by atoms with Gasteiger partial charge in [0.15, 0.2) is 11.4 Å². The van der Waals surface area contributed by atoms with Gasteiger partial charge in [-0.05, 0) is 111 Å². The van der Waals surface area contributed by atoms with E-state index in [0.29, 0.717) is 47.8 Å².